The quantitative estimate of drug-likeness (QED) is 0.642. The maximum Gasteiger partial charge on any atom is 0.491 e. The molecule has 1 aromatic rings. The van der Waals surface area contributed by atoms with Gasteiger partial charge in [-0.05, 0) is 50.9 Å². The second-order valence-electron chi connectivity index (χ2n) is 6.58. The summed E-state index contributed by atoms with van der Waals surface area (Å²) in [7, 11) is -4.16. The highest BCUT2D eigenvalue weighted by atomic mass is 32.2. The van der Waals surface area contributed by atoms with E-state index < -0.39 is 28.3 Å². The number of sulfonamides is 1. The summed E-state index contributed by atoms with van der Waals surface area (Å²) in [6.45, 7) is 7.96. The van der Waals surface area contributed by atoms with Crippen molar-refractivity contribution in [2.24, 2.45) is 5.14 Å². The molecule has 2 N–H and O–H groups in total. The van der Waals surface area contributed by atoms with Crippen LogP contribution in [0.1, 0.15) is 33.3 Å². The molecule has 1 heterocycles. The molecule has 0 unspecified atom stereocenters. The summed E-state index contributed by atoms with van der Waals surface area (Å²) in [4.78, 5) is 0.0812. The minimum atomic E-state index is -3.69. The van der Waals surface area contributed by atoms with E-state index in [9.17, 15) is 8.42 Å². The van der Waals surface area contributed by atoms with Gasteiger partial charge < -0.3 is 9.31 Å². The Balaban J connectivity index is 2.27. The summed E-state index contributed by atoms with van der Waals surface area (Å²) < 4.78 is 34.6. The molecule has 126 valence electrons. The molecule has 0 bridgehead atoms. The molecule has 1 fully saturated rings. The van der Waals surface area contributed by atoms with Gasteiger partial charge in [0.15, 0.2) is 0 Å². The molecule has 0 aromatic heterocycles. The number of primary sulfonamides is 1. The fourth-order valence-corrected chi connectivity index (χ4v) is 2.91. The second kappa shape index (κ2) is 6.25. The maximum absolute atomic E-state index is 11.3. The van der Waals surface area contributed by atoms with Crippen molar-refractivity contribution in [1.82, 2.24) is 0 Å². The van der Waals surface area contributed by atoms with Crippen LogP contribution >= 0.6 is 12.6 Å². The zero-order valence-electron chi connectivity index (χ0n) is 13.7. The van der Waals surface area contributed by atoms with Gasteiger partial charge in [-0.15, -0.1) is 0 Å². The third-order valence-electron chi connectivity index (χ3n) is 4.30. The molecule has 1 aliphatic rings. The lowest BCUT2D eigenvalue weighted by Gasteiger charge is -2.32. The van der Waals surface area contributed by atoms with E-state index in [-0.39, 0.29) is 4.90 Å². The molecule has 1 aliphatic heterocycles. The Morgan fingerprint density at radius 2 is 1.65 bits per heavy atom. The number of hydrogen-bond donors (Lipinski definition) is 2. The molecular weight excluding hydrogens is 333 g/mol. The van der Waals surface area contributed by atoms with Crippen LogP contribution in [-0.2, 0) is 19.3 Å². The molecule has 23 heavy (non-hydrogen) atoms. The molecule has 2 rings (SSSR count). The van der Waals surface area contributed by atoms with Crippen molar-refractivity contribution < 1.29 is 17.7 Å². The third-order valence-corrected chi connectivity index (χ3v) is 5.59. The molecule has 0 radical (unpaired) electrons. The summed E-state index contributed by atoms with van der Waals surface area (Å²) in [5, 5.41) is 5.10. The Kier molecular flexibility index (Phi) is 5.04. The van der Waals surface area contributed by atoms with Crippen molar-refractivity contribution in [3.05, 3.63) is 35.3 Å². The average molecular weight is 355 g/mol. The first kappa shape index (κ1) is 18.5. The maximum atomic E-state index is 11.3. The normalized spacial score (nSPS) is 20.8. The SMILES string of the molecule is CC1(C)OB(C(=Cc2ccc(S(N)(=O)=O)cc2)CS)OC1(C)C. The lowest BCUT2D eigenvalue weighted by Crippen LogP contribution is -2.41. The zero-order valence-corrected chi connectivity index (χ0v) is 15.4. The Hall–Kier alpha value is -0.795. The highest BCUT2D eigenvalue weighted by molar-refractivity contribution is 7.89. The minimum absolute atomic E-state index is 0.0812. The number of thiol groups is 1. The third kappa shape index (κ3) is 4.00. The van der Waals surface area contributed by atoms with E-state index in [4.69, 9.17) is 14.4 Å². The van der Waals surface area contributed by atoms with Crippen LogP contribution in [0.4, 0.5) is 0 Å². The molecule has 0 saturated carbocycles. The predicted molar refractivity (Wildman–Crippen MR) is 95.7 cm³/mol. The van der Waals surface area contributed by atoms with Crippen molar-refractivity contribution in [1.29, 1.82) is 0 Å². The molecule has 0 spiro atoms. The minimum Gasteiger partial charge on any atom is -0.400 e. The van der Waals surface area contributed by atoms with Crippen LogP contribution in [0.2, 0.25) is 0 Å². The van der Waals surface area contributed by atoms with Gasteiger partial charge in [0.25, 0.3) is 0 Å². The highest BCUT2D eigenvalue weighted by Gasteiger charge is 2.52. The molecule has 0 atom stereocenters. The Morgan fingerprint density at radius 1 is 1.17 bits per heavy atom. The van der Waals surface area contributed by atoms with Gasteiger partial charge in [0, 0.05) is 5.75 Å². The van der Waals surface area contributed by atoms with Gasteiger partial charge in [-0.2, -0.15) is 12.6 Å². The van der Waals surface area contributed by atoms with Gasteiger partial charge in [-0.25, -0.2) is 13.6 Å². The second-order valence-corrected chi connectivity index (χ2v) is 8.46. The summed E-state index contributed by atoms with van der Waals surface area (Å²) in [5.74, 6) is 0.466. The predicted octanol–water partition coefficient (Wildman–Crippen LogP) is 2.28. The summed E-state index contributed by atoms with van der Waals surface area (Å²) in [5.41, 5.74) is 0.862. The van der Waals surface area contributed by atoms with Crippen molar-refractivity contribution in [3.8, 4) is 0 Å². The lowest BCUT2D eigenvalue weighted by molar-refractivity contribution is 0.00578. The molecule has 0 amide bonds. The smallest absolute Gasteiger partial charge is 0.400 e. The van der Waals surface area contributed by atoms with E-state index >= 15 is 0 Å². The van der Waals surface area contributed by atoms with E-state index in [1.54, 1.807) is 12.1 Å². The molecular formula is C15H22BNO4S2. The van der Waals surface area contributed by atoms with Gasteiger partial charge in [0.1, 0.15) is 0 Å². The number of benzene rings is 1. The number of hydrogen-bond acceptors (Lipinski definition) is 5. The average Bonchev–Trinajstić information content (AvgIpc) is 2.64. The van der Waals surface area contributed by atoms with Crippen LogP contribution in [0.25, 0.3) is 6.08 Å². The molecule has 1 saturated heterocycles. The first-order valence-corrected chi connectivity index (χ1v) is 9.44. The topological polar surface area (TPSA) is 78.6 Å². The van der Waals surface area contributed by atoms with Crippen LogP contribution in [0, 0.1) is 0 Å². The molecule has 5 nitrogen and oxygen atoms in total. The van der Waals surface area contributed by atoms with Crippen LogP contribution in [0.3, 0.4) is 0 Å². The Morgan fingerprint density at radius 3 is 2.04 bits per heavy atom. The lowest BCUT2D eigenvalue weighted by atomic mass is 9.78. The largest absolute Gasteiger partial charge is 0.491 e. The summed E-state index contributed by atoms with van der Waals surface area (Å²) >= 11 is 4.36. The van der Waals surface area contributed by atoms with Gasteiger partial charge in [0.05, 0.1) is 16.1 Å². The van der Waals surface area contributed by atoms with Gasteiger partial charge in [-0.1, -0.05) is 18.2 Å². The number of nitrogens with two attached hydrogens (primary N) is 1. The first-order chi connectivity index (χ1) is 10.5. The van der Waals surface area contributed by atoms with Crippen molar-refractivity contribution in [3.63, 3.8) is 0 Å². The Labute approximate surface area is 143 Å². The monoisotopic (exact) mass is 355 g/mol. The van der Waals surface area contributed by atoms with Crippen molar-refractivity contribution >= 4 is 35.8 Å². The van der Waals surface area contributed by atoms with E-state index in [1.807, 2.05) is 33.8 Å². The van der Waals surface area contributed by atoms with Crippen LogP contribution < -0.4 is 5.14 Å². The van der Waals surface area contributed by atoms with Gasteiger partial charge >= 0.3 is 7.12 Å². The van der Waals surface area contributed by atoms with Crippen LogP contribution in [-0.4, -0.2) is 32.5 Å². The fourth-order valence-electron chi connectivity index (χ4n) is 2.15. The summed E-state index contributed by atoms with van der Waals surface area (Å²) in [6, 6.07) is 6.33. The fraction of sp³-hybridized carbons (Fsp3) is 0.467. The van der Waals surface area contributed by atoms with Crippen LogP contribution in [0.5, 0.6) is 0 Å². The van der Waals surface area contributed by atoms with E-state index in [1.165, 1.54) is 12.1 Å². The summed E-state index contributed by atoms with van der Waals surface area (Å²) in [6.07, 6.45) is 1.89. The molecule has 1 aromatic carbocycles. The number of rotatable bonds is 4. The first-order valence-electron chi connectivity index (χ1n) is 7.26. The highest BCUT2D eigenvalue weighted by Crippen LogP contribution is 2.39. The van der Waals surface area contributed by atoms with E-state index in [0.717, 1.165) is 11.0 Å². The van der Waals surface area contributed by atoms with E-state index in [0.29, 0.717) is 5.75 Å². The van der Waals surface area contributed by atoms with Crippen molar-refractivity contribution in [2.75, 3.05) is 5.75 Å². The zero-order chi connectivity index (χ0) is 17.5. The van der Waals surface area contributed by atoms with Crippen molar-refractivity contribution in [2.45, 2.75) is 43.8 Å². The Bertz CT molecular complexity index is 695. The standard InChI is InChI=1S/C15H22BNO4S2/c1-14(2)15(3,4)21-16(20-14)12(10-22)9-11-5-7-13(8-6-11)23(17,18)19/h5-9,22H,10H2,1-4H3,(H2,17,18,19). The van der Waals surface area contributed by atoms with E-state index in [2.05, 4.69) is 12.6 Å². The molecule has 8 heteroatoms. The van der Waals surface area contributed by atoms with Gasteiger partial charge in [0.2, 0.25) is 10.0 Å². The van der Waals surface area contributed by atoms with Crippen LogP contribution in [0.15, 0.2) is 34.6 Å². The van der Waals surface area contributed by atoms with Gasteiger partial charge in [-0.3, -0.25) is 0 Å². The molecule has 0 aliphatic carbocycles.